The summed E-state index contributed by atoms with van der Waals surface area (Å²) in [5.74, 6) is 6.71. The first kappa shape index (κ1) is 14.1. The molecule has 3 rings (SSSR count). The number of ether oxygens (including phenoxy) is 1. The molecule has 108 valence electrons. The Bertz CT molecular complexity index is 818. The lowest BCUT2D eigenvalue weighted by atomic mass is 10.2. The third-order valence-electron chi connectivity index (χ3n) is 2.90. The number of aryl methyl sites for hydroxylation is 2. The number of hydrogen-bond acceptors (Lipinski definition) is 6. The zero-order chi connectivity index (χ0) is 15.0. The number of rotatable bonds is 3. The van der Waals surface area contributed by atoms with Gasteiger partial charge in [0.15, 0.2) is 0 Å². The molecule has 0 saturated heterocycles. The second-order valence-corrected chi connectivity index (χ2v) is 6.25. The minimum Gasteiger partial charge on any atom is -0.437 e. The Hall–Kier alpha value is -1.89. The van der Waals surface area contributed by atoms with Crippen molar-refractivity contribution >= 4 is 39.1 Å². The largest absolute Gasteiger partial charge is 0.437 e. The lowest BCUT2D eigenvalue weighted by molar-refractivity contribution is 0.469. The summed E-state index contributed by atoms with van der Waals surface area (Å²) >= 11 is 7.72. The van der Waals surface area contributed by atoms with Gasteiger partial charge >= 0.3 is 0 Å². The van der Waals surface area contributed by atoms with E-state index in [2.05, 4.69) is 15.4 Å². The van der Waals surface area contributed by atoms with E-state index in [1.807, 2.05) is 32.0 Å². The van der Waals surface area contributed by atoms with Crippen molar-refractivity contribution in [1.29, 1.82) is 0 Å². The lowest BCUT2D eigenvalue weighted by Gasteiger charge is -2.09. The summed E-state index contributed by atoms with van der Waals surface area (Å²) in [6, 6.07) is 7.57. The Kier molecular flexibility index (Phi) is 3.67. The molecule has 0 atom stereocenters. The zero-order valence-electron chi connectivity index (χ0n) is 11.5. The molecule has 0 aliphatic carbocycles. The van der Waals surface area contributed by atoms with Crippen LogP contribution in [0.15, 0.2) is 24.3 Å². The van der Waals surface area contributed by atoms with Gasteiger partial charge in [-0.15, -0.1) is 11.3 Å². The highest BCUT2D eigenvalue weighted by molar-refractivity contribution is 7.18. The minimum absolute atomic E-state index is 0.308. The Morgan fingerprint density at radius 3 is 2.81 bits per heavy atom. The molecule has 7 heteroatoms. The van der Waals surface area contributed by atoms with E-state index < -0.39 is 0 Å². The normalized spacial score (nSPS) is 10.9. The van der Waals surface area contributed by atoms with E-state index in [1.165, 1.54) is 0 Å². The quantitative estimate of drug-likeness (QED) is 0.563. The van der Waals surface area contributed by atoms with Gasteiger partial charge in [-0.25, -0.2) is 10.8 Å². The van der Waals surface area contributed by atoms with Gasteiger partial charge in [-0.1, -0.05) is 17.7 Å². The van der Waals surface area contributed by atoms with Crippen LogP contribution in [0.3, 0.4) is 0 Å². The molecule has 3 N–H and O–H groups in total. The number of anilines is 1. The van der Waals surface area contributed by atoms with Crippen molar-refractivity contribution in [1.82, 2.24) is 9.97 Å². The average Bonchev–Trinajstić information content (AvgIpc) is 2.83. The molecule has 3 aromatic rings. The fraction of sp³-hybridized carbons (Fsp3) is 0.143. The molecule has 0 unspecified atom stereocenters. The molecule has 5 nitrogen and oxygen atoms in total. The molecular weight excluding hydrogens is 308 g/mol. The Labute approximate surface area is 130 Å². The second-order valence-electron chi connectivity index (χ2n) is 4.61. The van der Waals surface area contributed by atoms with Crippen LogP contribution in [-0.2, 0) is 0 Å². The van der Waals surface area contributed by atoms with Crippen LogP contribution in [0.25, 0.3) is 10.2 Å². The first-order valence-corrected chi connectivity index (χ1v) is 7.45. The van der Waals surface area contributed by atoms with Crippen molar-refractivity contribution in [3.8, 4) is 11.6 Å². The van der Waals surface area contributed by atoms with Crippen molar-refractivity contribution < 1.29 is 4.74 Å². The minimum atomic E-state index is 0.308. The number of thiophene rings is 1. The van der Waals surface area contributed by atoms with Crippen LogP contribution < -0.4 is 16.0 Å². The number of hydrazine groups is 1. The Morgan fingerprint density at radius 1 is 1.24 bits per heavy atom. The van der Waals surface area contributed by atoms with Crippen molar-refractivity contribution in [3.63, 3.8) is 0 Å². The second kappa shape index (κ2) is 5.48. The molecule has 2 heterocycles. The molecule has 0 saturated carbocycles. The van der Waals surface area contributed by atoms with E-state index in [0.717, 1.165) is 20.7 Å². The standard InChI is InChI=1S/C14H13ClN4OS/c1-7-3-4-10(15)11(5-7)20-12-9-6-8(2)21-13(9)18-14(17-12)19-16/h3-6H,16H2,1-2H3,(H,17,18,19). The van der Waals surface area contributed by atoms with Crippen LogP contribution in [0.1, 0.15) is 10.4 Å². The van der Waals surface area contributed by atoms with Gasteiger partial charge in [-0.2, -0.15) is 4.98 Å². The Morgan fingerprint density at radius 2 is 2.05 bits per heavy atom. The lowest BCUT2D eigenvalue weighted by Crippen LogP contribution is -2.10. The fourth-order valence-electron chi connectivity index (χ4n) is 1.95. The van der Waals surface area contributed by atoms with Gasteiger partial charge in [0.25, 0.3) is 0 Å². The Balaban J connectivity index is 2.12. The summed E-state index contributed by atoms with van der Waals surface area (Å²) in [6.45, 7) is 3.98. The highest BCUT2D eigenvalue weighted by Crippen LogP contribution is 2.36. The summed E-state index contributed by atoms with van der Waals surface area (Å²) in [7, 11) is 0. The number of nitrogen functional groups attached to an aromatic ring is 1. The van der Waals surface area contributed by atoms with Gasteiger partial charge in [-0.3, -0.25) is 5.43 Å². The van der Waals surface area contributed by atoms with E-state index in [0.29, 0.717) is 22.6 Å². The van der Waals surface area contributed by atoms with E-state index >= 15 is 0 Å². The molecule has 0 fully saturated rings. The summed E-state index contributed by atoms with van der Waals surface area (Å²) in [4.78, 5) is 10.5. The molecule has 2 aromatic heterocycles. The average molecular weight is 321 g/mol. The highest BCUT2D eigenvalue weighted by Gasteiger charge is 2.13. The number of hydrogen-bond donors (Lipinski definition) is 2. The fourth-order valence-corrected chi connectivity index (χ4v) is 2.98. The monoisotopic (exact) mass is 320 g/mol. The molecule has 21 heavy (non-hydrogen) atoms. The van der Waals surface area contributed by atoms with Gasteiger partial charge in [0, 0.05) is 4.88 Å². The predicted molar refractivity (Wildman–Crippen MR) is 86.2 cm³/mol. The SMILES string of the molecule is Cc1ccc(Cl)c(Oc2nc(NN)nc3sc(C)cc23)c1. The summed E-state index contributed by atoms with van der Waals surface area (Å²) < 4.78 is 5.89. The smallest absolute Gasteiger partial charge is 0.241 e. The molecule has 0 aliphatic heterocycles. The number of nitrogens with zero attached hydrogens (tertiary/aromatic N) is 2. The van der Waals surface area contributed by atoms with Crippen LogP contribution in [0.5, 0.6) is 11.6 Å². The molecule has 0 aliphatic rings. The molecule has 0 radical (unpaired) electrons. The summed E-state index contributed by atoms with van der Waals surface area (Å²) in [5.41, 5.74) is 3.51. The van der Waals surface area contributed by atoms with Gasteiger partial charge < -0.3 is 4.74 Å². The van der Waals surface area contributed by atoms with Crippen LogP contribution in [-0.4, -0.2) is 9.97 Å². The highest BCUT2D eigenvalue weighted by atomic mass is 35.5. The van der Waals surface area contributed by atoms with Crippen LogP contribution in [0.4, 0.5) is 5.95 Å². The van der Waals surface area contributed by atoms with Gasteiger partial charge in [0.05, 0.1) is 10.4 Å². The van der Waals surface area contributed by atoms with Gasteiger partial charge in [0.1, 0.15) is 10.6 Å². The van der Waals surface area contributed by atoms with Crippen LogP contribution in [0.2, 0.25) is 5.02 Å². The van der Waals surface area contributed by atoms with E-state index in [4.69, 9.17) is 22.2 Å². The molecule has 1 aromatic carbocycles. The summed E-state index contributed by atoms with van der Waals surface area (Å²) in [6.07, 6.45) is 0. The van der Waals surface area contributed by atoms with Crippen LogP contribution >= 0.6 is 22.9 Å². The number of nitrogens with two attached hydrogens (primary N) is 1. The number of nitrogens with one attached hydrogen (secondary N) is 1. The maximum atomic E-state index is 6.17. The molecule has 0 amide bonds. The molecule has 0 bridgehead atoms. The first-order valence-electron chi connectivity index (χ1n) is 6.25. The molecule has 0 spiro atoms. The van der Waals surface area contributed by atoms with Gasteiger partial charge in [-0.05, 0) is 37.6 Å². The van der Waals surface area contributed by atoms with E-state index in [-0.39, 0.29) is 0 Å². The van der Waals surface area contributed by atoms with Crippen LogP contribution in [0, 0.1) is 13.8 Å². The summed E-state index contributed by atoms with van der Waals surface area (Å²) in [5, 5.41) is 1.37. The predicted octanol–water partition coefficient (Wildman–Crippen LogP) is 4.04. The molecular formula is C14H13ClN4OS. The maximum absolute atomic E-state index is 6.17. The number of fused-ring (bicyclic) bond motifs is 1. The van der Waals surface area contributed by atoms with Gasteiger partial charge in [0.2, 0.25) is 11.8 Å². The van der Waals surface area contributed by atoms with Crippen molar-refractivity contribution in [2.75, 3.05) is 5.43 Å². The first-order chi connectivity index (χ1) is 10.1. The van der Waals surface area contributed by atoms with Crippen molar-refractivity contribution in [2.24, 2.45) is 5.84 Å². The number of aromatic nitrogens is 2. The number of halogens is 1. The zero-order valence-corrected chi connectivity index (χ0v) is 13.0. The third-order valence-corrected chi connectivity index (χ3v) is 4.16. The third kappa shape index (κ3) is 2.78. The van der Waals surface area contributed by atoms with E-state index in [9.17, 15) is 0 Å². The van der Waals surface area contributed by atoms with Crippen molar-refractivity contribution in [3.05, 3.63) is 39.7 Å². The number of benzene rings is 1. The maximum Gasteiger partial charge on any atom is 0.241 e. The van der Waals surface area contributed by atoms with E-state index in [1.54, 1.807) is 17.4 Å². The topological polar surface area (TPSA) is 73.1 Å². The van der Waals surface area contributed by atoms with Crippen molar-refractivity contribution in [2.45, 2.75) is 13.8 Å².